The van der Waals surface area contributed by atoms with E-state index in [4.69, 9.17) is 4.74 Å². The third-order valence-electron chi connectivity index (χ3n) is 9.67. The zero-order valence-corrected chi connectivity index (χ0v) is 33.2. The number of hydrogen-bond donors (Lipinski definition) is 1. The Kier molecular flexibility index (Phi) is 37.5. The van der Waals surface area contributed by atoms with Crippen LogP contribution in [-0.2, 0) is 4.74 Å². The van der Waals surface area contributed by atoms with Gasteiger partial charge in [-0.3, -0.25) is 0 Å². The number of carbonyl (C=O) groups is 1. The summed E-state index contributed by atoms with van der Waals surface area (Å²) in [5.74, 6) is 0.354. The minimum Gasteiger partial charge on any atom is -0.450 e. The number of rotatable bonds is 37. The van der Waals surface area contributed by atoms with Crippen molar-refractivity contribution in [1.82, 2.24) is 4.90 Å². The van der Waals surface area contributed by atoms with Crippen LogP contribution in [0, 0.1) is 5.92 Å². The van der Waals surface area contributed by atoms with Crippen molar-refractivity contribution in [3.8, 4) is 0 Å². The number of hydrogen-bond acceptors (Lipinski definition) is 3. The summed E-state index contributed by atoms with van der Waals surface area (Å²) in [4.78, 5) is 13.9. The topological polar surface area (TPSA) is 49.8 Å². The molecule has 0 rings (SSSR count). The van der Waals surface area contributed by atoms with E-state index in [1.165, 1.54) is 141 Å². The van der Waals surface area contributed by atoms with Crippen molar-refractivity contribution < 1.29 is 14.6 Å². The summed E-state index contributed by atoms with van der Waals surface area (Å²) in [6, 6.07) is 0. The Morgan fingerprint density at radius 2 is 0.878 bits per heavy atom. The Balaban J connectivity index is 4.36. The molecule has 49 heavy (non-hydrogen) atoms. The lowest BCUT2D eigenvalue weighted by Gasteiger charge is -2.26. The molecule has 2 unspecified atom stereocenters. The molecule has 0 fully saturated rings. The van der Waals surface area contributed by atoms with Crippen LogP contribution < -0.4 is 0 Å². The highest BCUT2D eigenvalue weighted by molar-refractivity contribution is 5.57. The smallest absolute Gasteiger partial charge is 0.450 e. The molecule has 0 aromatic rings. The van der Waals surface area contributed by atoms with E-state index in [1.807, 2.05) is 0 Å². The van der Waals surface area contributed by atoms with Gasteiger partial charge in [-0.25, -0.2) is 4.79 Å². The van der Waals surface area contributed by atoms with Crippen molar-refractivity contribution in [3.63, 3.8) is 0 Å². The SMILES string of the molecule is CCCCCC=CCC=CCCCCCCCCC(CCCCCCCC/C=C\C/C=C\CCCCC)C(CCCCN(C)C)OC(=O)O. The zero-order valence-electron chi connectivity index (χ0n) is 33.2. The second-order valence-corrected chi connectivity index (χ2v) is 14.7. The highest BCUT2D eigenvalue weighted by atomic mass is 16.7. The van der Waals surface area contributed by atoms with E-state index in [-0.39, 0.29) is 6.10 Å². The first kappa shape index (κ1) is 47.2. The van der Waals surface area contributed by atoms with E-state index in [1.54, 1.807) is 0 Å². The first-order valence-corrected chi connectivity index (χ1v) is 21.1. The number of unbranched alkanes of at least 4 members (excludes halogenated alkanes) is 19. The van der Waals surface area contributed by atoms with Crippen LogP contribution in [0.4, 0.5) is 4.79 Å². The summed E-state index contributed by atoms with van der Waals surface area (Å²) < 4.78 is 5.56. The van der Waals surface area contributed by atoms with Gasteiger partial charge >= 0.3 is 6.16 Å². The van der Waals surface area contributed by atoms with E-state index in [2.05, 4.69) is 81.5 Å². The van der Waals surface area contributed by atoms with Crippen LogP contribution in [0.25, 0.3) is 0 Å². The summed E-state index contributed by atoms with van der Waals surface area (Å²) in [5.41, 5.74) is 0. The molecule has 0 spiro atoms. The number of nitrogens with zero attached hydrogens (tertiary/aromatic N) is 1. The number of ether oxygens (including phenoxy) is 1. The van der Waals surface area contributed by atoms with E-state index < -0.39 is 6.16 Å². The lowest BCUT2D eigenvalue weighted by Crippen LogP contribution is -2.27. The molecule has 0 saturated carbocycles. The van der Waals surface area contributed by atoms with Crippen LogP contribution in [-0.4, -0.2) is 42.9 Å². The molecule has 0 aromatic heterocycles. The minimum atomic E-state index is -1.10. The molecule has 0 aliphatic heterocycles. The molecule has 0 amide bonds. The second-order valence-electron chi connectivity index (χ2n) is 14.7. The van der Waals surface area contributed by atoms with E-state index in [0.717, 1.165) is 51.5 Å². The quantitative estimate of drug-likeness (QED) is 0.0402. The standard InChI is InChI=1S/C45H83NO3/c1-5-7-9-11-13-15-17-19-21-23-25-27-29-31-33-35-39-43(44(49-45(47)48)41-37-38-42-46(3)4)40-36-34-32-30-28-26-24-22-20-18-16-14-12-10-8-6-2/h13-16,19-22,43-44H,5-12,17-18,23-42H2,1-4H3,(H,47,48)/b15-13-,16-14?,21-19-,22-20?. The molecule has 0 aliphatic rings. The lowest BCUT2D eigenvalue weighted by atomic mass is 9.87. The fourth-order valence-electron chi connectivity index (χ4n) is 6.60. The number of allylic oxidation sites excluding steroid dienone is 8. The van der Waals surface area contributed by atoms with Crippen LogP contribution in [0.3, 0.4) is 0 Å². The van der Waals surface area contributed by atoms with Crippen molar-refractivity contribution in [2.75, 3.05) is 20.6 Å². The highest BCUT2D eigenvalue weighted by Gasteiger charge is 2.24. The molecule has 0 heterocycles. The zero-order chi connectivity index (χ0) is 35.9. The predicted molar refractivity (Wildman–Crippen MR) is 217 cm³/mol. The van der Waals surface area contributed by atoms with Crippen LogP contribution in [0.5, 0.6) is 0 Å². The van der Waals surface area contributed by atoms with Gasteiger partial charge in [-0.05, 0) is 123 Å². The summed E-state index contributed by atoms with van der Waals surface area (Å²) in [6.45, 7) is 5.56. The van der Waals surface area contributed by atoms with E-state index in [9.17, 15) is 9.90 Å². The van der Waals surface area contributed by atoms with Gasteiger partial charge in [-0.2, -0.15) is 0 Å². The first-order chi connectivity index (χ1) is 24.0. The van der Waals surface area contributed by atoms with Crippen LogP contribution in [0.15, 0.2) is 48.6 Å². The van der Waals surface area contributed by atoms with Gasteiger partial charge in [0, 0.05) is 0 Å². The minimum absolute atomic E-state index is 0.157. The fraction of sp³-hybridized carbons (Fsp3) is 0.800. The highest BCUT2D eigenvalue weighted by Crippen LogP contribution is 2.27. The van der Waals surface area contributed by atoms with Gasteiger partial charge in [0.15, 0.2) is 0 Å². The monoisotopic (exact) mass is 686 g/mol. The maximum absolute atomic E-state index is 11.7. The van der Waals surface area contributed by atoms with Gasteiger partial charge in [0.25, 0.3) is 0 Å². The van der Waals surface area contributed by atoms with E-state index in [0.29, 0.717) is 5.92 Å². The maximum Gasteiger partial charge on any atom is 0.506 e. The third-order valence-corrected chi connectivity index (χ3v) is 9.67. The molecule has 0 saturated heterocycles. The summed E-state index contributed by atoms with van der Waals surface area (Å²) in [7, 11) is 4.20. The Labute approximate surface area is 306 Å². The molecule has 4 heteroatoms. The molecule has 1 N–H and O–H groups in total. The molecular formula is C45H83NO3. The van der Waals surface area contributed by atoms with Crippen LogP contribution in [0.1, 0.15) is 200 Å². The van der Waals surface area contributed by atoms with Crippen molar-refractivity contribution in [2.24, 2.45) is 5.92 Å². The van der Waals surface area contributed by atoms with Crippen LogP contribution in [0.2, 0.25) is 0 Å². The average molecular weight is 686 g/mol. The Hall–Kier alpha value is -1.81. The normalized spacial score (nSPS) is 13.6. The maximum atomic E-state index is 11.7. The molecule has 0 radical (unpaired) electrons. The molecule has 0 aliphatic carbocycles. The molecular weight excluding hydrogens is 602 g/mol. The predicted octanol–water partition coefficient (Wildman–Crippen LogP) is 14.8. The summed E-state index contributed by atoms with van der Waals surface area (Å²) in [5, 5.41) is 9.56. The first-order valence-electron chi connectivity index (χ1n) is 21.1. The van der Waals surface area contributed by atoms with Crippen molar-refractivity contribution in [2.45, 2.75) is 206 Å². The van der Waals surface area contributed by atoms with Crippen molar-refractivity contribution in [3.05, 3.63) is 48.6 Å². The van der Waals surface area contributed by atoms with Gasteiger partial charge in [0.05, 0.1) is 0 Å². The summed E-state index contributed by atoms with van der Waals surface area (Å²) >= 11 is 0. The van der Waals surface area contributed by atoms with Crippen molar-refractivity contribution in [1.29, 1.82) is 0 Å². The molecule has 0 bridgehead atoms. The Bertz CT molecular complexity index is 751. The second kappa shape index (κ2) is 39.0. The van der Waals surface area contributed by atoms with Crippen LogP contribution >= 0.6 is 0 Å². The van der Waals surface area contributed by atoms with E-state index >= 15 is 0 Å². The Morgan fingerprint density at radius 1 is 0.510 bits per heavy atom. The lowest BCUT2D eigenvalue weighted by molar-refractivity contribution is 0.0134. The van der Waals surface area contributed by atoms with Gasteiger partial charge in [-0.15, -0.1) is 0 Å². The molecule has 4 nitrogen and oxygen atoms in total. The largest absolute Gasteiger partial charge is 0.506 e. The van der Waals surface area contributed by atoms with Gasteiger partial charge in [0.1, 0.15) is 6.10 Å². The molecule has 0 aromatic carbocycles. The summed E-state index contributed by atoms with van der Waals surface area (Å²) in [6.07, 6.45) is 52.7. The molecule has 286 valence electrons. The van der Waals surface area contributed by atoms with Gasteiger partial charge in [0.2, 0.25) is 0 Å². The average Bonchev–Trinajstić information content (AvgIpc) is 3.08. The van der Waals surface area contributed by atoms with Crippen molar-refractivity contribution >= 4 is 6.16 Å². The van der Waals surface area contributed by atoms with Gasteiger partial charge < -0.3 is 14.7 Å². The Morgan fingerprint density at radius 3 is 1.27 bits per heavy atom. The number of carboxylic acid groups (broad SMARTS) is 1. The van der Waals surface area contributed by atoms with Gasteiger partial charge in [-0.1, -0.05) is 152 Å². The third kappa shape index (κ3) is 37.3. The fourth-order valence-corrected chi connectivity index (χ4v) is 6.60. The molecule has 2 atom stereocenters.